The Bertz CT molecular complexity index is 191. The minimum Gasteiger partial charge on any atom is -0.480 e. The number of carboxylic acid groups (broad SMARTS) is 1. The second kappa shape index (κ2) is 18.3. The zero-order valence-corrected chi connectivity index (χ0v) is 12.4. The largest absolute Gasteiger partial charge is 0.480 e. The molecule has 0 unspecified atom stereocenters. The molecule has 0 saturated carbocycles. The van der Waals surface area contributed by atoms with Crippen LogP contribution in [-0.4, -0.2) is 83.8 Å². The number of hydrogen-bond acceptors (Lipinski definition) is 6. The second-order valence-corrected chi connectivity index (χ2v) is 4.29. The van der Waals surface area contributed by atoms with Gasteiger partial charge in [0.15, 0.2) is 0 Å². The van der Waals surface area contributed by atoms with Crippen molar-refractivity contribution in [2.75, 3.05) is 52.5 Å². The topological polar surface area (TPSA) is 113 Å². The highest BCUT2D eigenvalue weighted by atomic mass is 16.4. The predicted octanol–water partition coefficient (Wildman–Crippen LogP) is -0.884. The van der Waals surface area contributed by atoms with Gasteiger partial charge in [0, 0.05) is 19.6 Å². The maximum absolute atomic E-state index is 9.97. The highest BCUT2D eigenvalue weighted by molar-refractivity contribution is 5.68. The van der Waals surface area contributed by atoms with Crippen LogP contribution in [0.15, 0.2) is 0 Å². The number of aliphatic hydroxyl groups is 3. The first kappa shape index (κ1) is 21.6. The highest BCUT2D eigenvalue weighted by Crippen LogP contribution is 1.90. The Hall–Kier alpha value is -0.730. The fraction of sp³-hybridized carbons (Fsp3) is 0.923. The van der Waals surface area contributed by atoms with E-state index in [1.807, 2.05) is 0 Å². The first-order valence-corrected chi connectivity index (χ1v) is 7.09. The van der Waals surface area contributed by atoms with Crippen LogP contribution in [0.4, 0.5) is 0 Å². The fourth-order valence-electron chi connectivity index (χ4n) is 1.45. The molecular formula is C13H30N2O5. The molecule has 0 saturated heterocycles. The Morgan fingerprint density at radius 3 is 1.85 bits per heavy atom. The fourth-order valence-corrected chi connectivity index (χ4v) is 1.45. The molecule has 0 bridgehead atoms. The summed E-state index contributed by atoms with van der Waals surface area (Å²) >= 11 is 0. The molecule has 0 aliphatic rings. The Kier molecular flexibility index (Phi) is 19.7. The summed E-state index contributed by atoms with van der Waals surface area (Å²) in [4.78, 5) is 11.8. The summed E-state index contributed by atoms with van der Waals surface area (Å²) in [6.07, 6.45) is 3.42. The lowest BCUT2D eigenvalue weighted by atomic mass is 10.2. The van der Waals surface area contributed by atoms with Gasteiger partial charge in [0.1, 0.15) is 0 Å². The molecule has 0 radical (unpaired) electrons. The van der Waals surface area contributed by atoms with Crippen LogP contribution in [0.25, 0.3) is 0 Å². The number of aliphatic carboxylic acids is 1. The number of carbonyl (C=O) groups is 1. The molecule has 0 aromatic heterocycles. The standard InChI is InChI=1S/C7H15NO2.C6H15NO3/c1-2-3-4-5-8-6-7(9)10;8-4-1-7(2-5-9)3-6-10/h8H,2-6H2,1H3,(H,9,10);8-10H,1-6H2. The van der Waals surface area contributed by atoms with Gasteiger partial charge >= 0.3 is 5.97 Å². The first-order chi connectivity index (χ1) is 9.62. The van der Waals surface area contributed by atoms with Crippen LogP contribution in [0.3, 0.4) is 0 Å². The van der Waals surface area contributed by atoms with Gasteiger partial charge < -0.3 is 25.7 Å². The first-order valence-electron chi connectivity index (χ1n) is 7.09. The Morgan fingerprint density at radius 1 is 1.00 bits per heavy atom. The van der Waals surface area contributed by atoms with Crippen LogP contribution >= 0.6 is 0 Å². The molecule has 0 heterocycles. The molecule has 20 heavy (non-hydrogen) atoms. The Balaban J connectivity index is 0. The van der Waals surface area contributed by atoms with Crippen molar-refractivity contribution < 1.29 is 25.2 Å². The van der Waals surface area contributed by atoms with Gasteiger partial charge in [-0.05, 0) is 13.0 Å². The third-order valence-electron chi connectivity index (χ3n) is 2.48. The summed E-state index contributed by atoms with van der Waals surface area (Å²) in [6.45, 7) is 4.78. The highest BCUT2D eigenvalue weighted by Gasteiger charge is 2.00. The molecule has 122 valence electrons. The Morgan fingerprint density at radius 2 is 1.50 bits per heavy atom. The van der Waals surface area contributed by atoms with Crippen molar-refractivity contribution in [2.24, 2.45) is 0 Å². The third kappa shape index (κ3) is 19.6. The third-order valence-corrected chi connectivity index (χ3v) is 2.48. The van der Waals surface area contributed by atoms with E-state index in [0.29, 0.717) is 19.6 Å². The average molecular weight is 294 g/mol. The molecule has 0 fully saturated rings. The van der Waals surface area contributed by atoms with Gasteiger partial charge in [-0.2, -0.15) is 0 Å². The maximum atomic E-state index is 9.97. The quantitative estimate of drug-likeness (QED) is 0.297. The van der Waals surface area contributed by atoms with Crippen molar-refractivity contribution in [3.8, 4) is 0 Å². The molecule has 5 N–H and O–H groups in total. The molecule has 0 rings (SSSR count). The van der Waals surface area contributed by atoms with Gasteiger partial charge in [0.05, 0.1) is 26.4 Å². The summed E-state index contributed by atoms with van der Waals surface area (Å²) in [5.74, 6) is -0.781. The van der Waals surface area contributed by atoms with Gasteiger partial charge in [-0.25, -0.2) is 0 Å². The SMILES string of the molecule is CCCCCNCC(=O)O.OCCN(CCO)CCO. The molecule has 0 spiro atoms. The molecule has 7 nitrogen and oxygen atoms in total. The monoisotopic (exact) mass is 294 g/mol. The molecule has 0 atom stereocenters. The van der Waals surface area contributed by atoms with E-state index in [0.717, 1.165) is 13.0 Å². The number of nitrogens with zero attached hydrogens (tertiary/aromatic N) is 1. The van der Waals surface area contributed by atoms with E-state index < -0.39 is 5.97 Å². The normalized spacial score (nSPS) is 10.2. The second-order valence-electron chi connectivity index (χ2n) is 4.29. The van der Waals surface area contributed by atoms with Crippen LogP contribution in [0.5, 0.6) is 0 Å². The van der Waals surface area contributed by atoms with Crippen LogP contribution in [0.2, 0.25) is 0 Å². The van der Waals surface area contributed by atoms with Crippen LogP contribution in [0.1, 0.15) is 26.2 Å². The zero-order chi connectivity index (χ0) is 15.6. The molecule has 0 aliphatic carbocycles. The van der Waals surface area contributed by atoms with Crippen molar-refractivity contribution in [2.45, 2.75) is 26.2 Å². The lowest BCUT2D eigenvalue weighted by Gasteiger charge is -2.17. The van der Waals surface area contributed by atoms with Crippen LogP contribution in [-0.2, 0) is 4.79 Å². The van der Waals surface area contributed by atoms with Crippen molar-refractivity contribution in [1.29, 1.82) is 0 Å². The minimum absolute atomic E-state index is 0.0694. The zero-order valence-electron chi connectivity index (χ0n) is 12.4. The number of aliphatic hydroxyl groups excluding tert-OH is 3. The number of unbranched alkanes of at least 4 members (excludes halogenated alkanes) is 2. The van der Waals surface area contributed by atoms with Crippen molar-refractivity contribution in [3.63, 3.8) is 0 Å². The molecule has 0 aromatic carbocycles. The smallest absolute Gasteiger partial charge is 0.317 e. The summed E-state index contributed by atoms with van der Waals surface area (Å²) in [5, 5.41) is 36.5. The van der Waals surface area contributed by atoms with E-state index in [2.05, 4.69) is 12.2 Å². The summed E-state index contributed by atoms with van der Waals surface area (Å²) < 4.78 is 0. The number of rotatable bonds is 12. The summed E-state index contributed by atoms with van der Waals surface area (Å²) in [5.41, 5.74) is 0. The van der Waals surface area contributed by atoms with Gasteiger partial charge in [-0.1, -0.05) is 19.8 Å². The van der Waals surface area contributed by atoms with Crippen molar-refractivity contribution in [3.05, 3.63) is 0 Å². The summed E-state index contributed by atoms with van der Waals surface area (Å²) in [6, 6.07) is 0. The Labute approximate surface area is 121 Å². The average Bonchev–Trinajstić information content (AvgIpc) is 2.40. The van der Waals surface area contributed by atoms with E-state index in [-0.39, 0.29) is 26.4 Å². The number of nitrogens with one attached hydrogen (secondary N) is 1. The number of hydrogen-bond donors (Lipinski definition) is 5. The van der Waals surface area contributed by atoms with Crippen molar-refractivity contribution >= 4 is 5.97 Å². The van der Waals surface area contributed by atoms with Gasteiger partial charge in [-0.3, -0.25) is 9.69 Å². The van der Waals surface area contributed by atoms with Gasteiger partial charge in [0.25, 0.3) is 0 Å². The van der Waals surface area contributed by atoms with Gasteiger partial charge in [-0.15, -0.1) is 0 Å². The van der Waals surface area contributed by atoms with E-state index in [1.165, 1.54) is 12.8 Å². The van der Waals surface area contributed by atoms with Gasteiger partial charge in [0.2, 0.25) is 0 Å². The van der Waals surface area contributed by atoms with Crippen LogP contribution < -0.4 is 5.32 Å². The minimum atomic E-state index is -0.781. The molecule has 7 heteroatoms. The maximum Gasteiger partial charge on any atom is 0.317 e. The molecular weight excluding hydrogens is 264 g/mol. The predicted molar refractivity (Wildman–Crippen MR) is 77.7 cm³/mol. The van der Waals surface area contributed by atoms with E-state index >= 15 is 0 Å². The summed E-state index contributed by atoms with van der Waals surface area (Å²) in [7, 11) is 0. The van der Waals surface area contributed by atoms with E-state index in [9.17, 15) is 4.79 Å². The lowest BCUT2D eigenvalue weighted by Crippen LogP contribution is -2.32. The lowest BCUT2D eigenvalue weighted by molar-refractivity contribution is -0.135. The van der Waals surface area contributed by atoms with E-state index in [1.54, 1.807) is 4.90 Å². The molecule has 0 amide bonds. The van der Waals surface area contributed by atoms with Crippen molar-refractivity contribution in [1.82, 2.24) is 10.2 Å². The number of carboxylic acids is 1. The molecule has 0 aliphatic heterocycles. The van der Waals surface area contributed by atoms with Crippen LogP contribution in [0, 0.1) is 0 Å². The molecule has 0 aromatic rings. The van der Waals surface area contributed by atoms with E-state index in [4.69, 9.17) is 20.4 Å².